The quantitative estimate of drug-likeness (QED) is 0.916. The lowest BCUT2D eigenvalue weighted by atomic mass is 10.2. The lowest BCUT2D eigenvalue weighted by molar-refractivity contribution is 0.102. The van der Waals surface area contributed by atoms with Gasteiger partial charge in [0.15, 0.2) is 0 Å². The van der Waals surface area contributed by atoms with Gasteiger partial charge in [-0.05, 0) is 30.3 Å². The Morgan fingerprint density at radius 2 is 2.16 bits per heavy atom. The van der Waals surface area contributed by atoms with Crippen LogP contribution in [0.5, 0.6) is 0 Å². The zero-order valence-corrected chi connectivity index (χ0v) is 10.3. The summed E-state index contributed by atoms with van der Waals surface area (Å²) < 4.78 is 13.0. The molecule has 0 bridgehead atoms. The highest BCUT2D eigenvalue weighted by molar-refractivity contribution is 6.31. The molecule has 94 valence electrons. The summed E-state index contributed by atoms with van der Waals surface area (Å²) in [6.07, 6.45) is 1.29. The van der Waals surface area contributed by atoms with Crippen LogP contribution in [0.3, 0.4) is 0 Å². The van der Waals surface area contributed by atoms with E-state index in [4.69, 9.17) is 16.9 Å². The van der Waals surface area contributed by atoms with Crippen LogP contribution in [-0.4, -0.2) is 10.9 Å². The molecule has 0 radical (unpaired) electrons. The van der Waals surface area contributed by atoms with Crippen LogP contribution in [0.4, 0.5) is 10.1 Å². The zero-order valence-electron chi connectivity index (χ0n) is 9.52. The van der Waals surface area contributed by atoms with Crippen LogP contribution in [0.15, 0.2) is 36.5 Å². The summed E-state index contributed by atoms with van der Waals surface area (Å²) in [7, 11) is 0. The number of hydrogen-bond donors (Lipinski definition) is 1. The second-order valence-electron chi connectivity index (χ2n) is 3.63. The minimum atomic E-state index is -0.556. The Hall–Kier alpha value is -2.45. The van der Waals surface area contributed by atoms with Crippen molar-refractivity contribution in [3.63, 3.8) is 0 Å². The van der Waals surface area contributed by atoms with Crippen molar-refractivity contribution in [2.24, 2.45) is 0 Å². The van der Waals surface area contributed by atoms with E-state index in [1.807, 2.05) is 6.07 Å². The van der Waals surface area contributed by atoms with Gasteiger partial charge in [-0.1, -0.05) is 11.6 Å². The van der Waals surface area contributed by atoms with E-state index >= 15 is 0 Å². The van der Waals surface area contributed by atoms with Crippen LogP contribution >= 0.6 is 11.6 Å². The van der Waals surface area contributed by atoms with Gasteiger partial charge in [-0.2, -0.15) is 5.26 Å². The third-order valence-electron chi connectivity index (χ3n) is 2.32. The van der Waals surface area contributed by atoms with E-state index in [1.54, 1.807) is 0 Å². The normalized spacial score (nSPS) is 9.74. The fraction of sp³-hybridized carbons (Fsp3) is 0. The van der Waals surface area contributed by atoms with Crippen molar-refractivity contribution in [2.75, 3.05) is 5.32 Å². The predicted octanol–water partition coefficient (Wildman–Crippen LogP) is 3.00. The highest BCUT2D eigenvalue weighted by atomic mass is 35.5. The number of aromatic nitrogens is 1. The molecule has 1 aromatic heterocycles. The third kappa shape index (κ3) is 3.06. The van der Waals surface area contributed by atoms with E-state index in [9.17, 15) is 9.18 Å². The van der Waals surface area contributed by atoms with E-state index in [-0.39, 0.29) is 10.7 Å². The van der Waals surface area contributed by atoms with Gasteiger partial charge in [0.2, 0.25) is 0 Å². The first-order chi connectivity index (χ1) is 9.10. The molecule has 0 aliphatic rings. The number of rotatable bonds is 2. The SMILES string of the molecule is N#Cc1ccc(C(=O)Nc2ccc(F)c(Cl)c2)cn1. The van der Waals surface area contributed by atoms with Crippen molar-refractivity contribution in [2.45, 2.75) is 0 Å². The molecular formula is C13H7ClFN3O. The Labute approximate surface area is 113 Å². The Balaban J connectivity index is 2.16. The van der Waals surface area contributed by atoms with Gasteiger partial charge in [-0.25, -0.2) is 9.37 Å². The van der Waals surface area contributed by atoms with Crippen molar-refractivity contribution in [3.05, 3.63) is 58.6 Å². The van der Waals surface area contributed by atoms with Gasteiger partial charge in [-0.15, -0.1) is 0 Å². The zero-order chi connectivity index (χ0) is 13.8. The maximum Gasteiger partial charge on any atom is 0.257 e. The number of nitrogens with one attached hydrogen (secondary N) is 1. The summed E-state index contributed by atoms with van der Waals surface area (Å²) in [4.78, 5) is 15.6. The second kappa shape index (κ2) is 5.46. The van der Waals surface area contributed by atoms with Gasteiger partial charge >= 0.3 is 0 Å². The van der Waals surface area contributed by atoms with Crippen molar-refractivity contribution in [1.82, 2.24) is 4.98 Å². The molecule has 1 heterocycles. The molecule has 19 heavy (non-hydrogen) atoms. The molecule has 4 nitrogen and oxygen atoms in total. The molecule has 0 unspecified atom stereocenters. The smallest absolute Gasteiger partial charge is 0.257 e. The summed E-state index contributed by atoms with van der Waals surface area (Å²) in [5.74, 6) is -0.973. The van der Waals surface area contributed by atoms with Crippen molar-refractivity contribution in [1.29, 1.82) is 5.26 Å². The Morgan fingerprint density at radius 1 is 1.37 bits per heavy atom. The van der Waals surface area contributed by atoms with E-state index in [0.29, 0.717) is 11.3 Å². The molecule has 2 rings (SSSR count). The van der Waals surface area contributed by atoms with Crippen molar-refractivity contribution < 1.29 is 9.18 Å². The second-order valence-corrected chi connectivity index (χ2v) is 4.03. The Kier molecular flexibility index (Phi) is 3.74. The number of nitrogens with zero attached hydrogens (tertiary/aromatic N) is 2. The number of carbonyl (C=O) groups excluding carboxylic acids is 1. The molecule has 0 aliphatic heterocycles. The lowest BCUT2D eigenvalue weighted by Crippen LogP contribution is -2.12. The standard InChI is InChI=1S/C13H7ClFN3O/c14-11-5-9(3-4-12(11)15)18-13(19)8-1-2-10(6-16)17-7-8/h1-5,7H,(H,18,19). The molecule has 0 saturated heterocycles. The first-order valence-corrected chi connectivity index (χ1v) is 5.60. The Morgan fingerprint density at radius 3 is 2.74 bits per heavy atom. The highest BCUT2D eigenvalue weighted by Crippen LogP contribution is 2.19. The monoisotopic (exact) mass is 275 g/mol. The van der Waals surface area contributed by atoms with Crippen LogP contribution in [0.25, 0.3) is 0 Å². The molecular weight excluding hydrogens is 269 g/mol. The first kappa shape index (κ1) is 13.0. The number of benzene rings is 1. The van der Waals surface area contributed by atoms with Crippen LogP contribution in [0.2, 0.25) is 5.02 Å². The number of pyridine rings is 1. The van der Waals surface area contributed by atoms with E-state index in [0.717, 1.165) is 6.07 Å². The maximum absolute atomic E-state index is 13.0. The van der Waals surface area contributed by atoms with E-state index in [1.165, 1.54) is 30.5 Å². The number of carbonyl (C=O) groups is 1. The molecule has 1 N–H and O–H groups in total. The summed E-state index contributed by atoms with van der Waals surface area (Å²) in [6, 6.07) is 8.64. The van der Waals surface area contributed by atoms with Crippen LogP contribution in [0.1, 0.15) is 16.1 Å². The molecule has 1 aromatic carbocycles. The predicted molar refractivity (Wildman–Crippen MR) is 68.3 cm³/mol. The molecule has 6 heteroatoms. The maximum atomic E-state index is 13.0. The van der Waals surface area contributed by atoms with Gasteiger partial charge in [0.1, 0.15) is 17.6 Å². The average Bonchev–Trinajstić information content (AvgIpc) is 2.43. The van der Waals surface area contributed by atoms with Crippen LogP contribution < -0.4 is 5.32 Å². The summed E-state index contributed by atoms with van der Waals surface area (Å²) in [6.45, 7) is 0. The fourth-order valence-corrected chi connectivity index (χ4v) is 1.55. The topological polar surface area (TPSA) is 65.8 Å². The summed E-state index contributed by atoms with van der Waals surface area (Å²) >= 11 is 5.61. The van der Waals surface area contributed by atoms with E-state index in [2.05, 4.69) is 10.3 Å². The molecule has 1 amide bonds. The number of hydrogen-bond acceptors (Lipinski definition) is 3. The Bertz CT molecular complexity index is 665. The summed E-state index contributed by atoms with van der Waals surface area (Å²) in [5, 5.41) is 11.1. The van der Waals surface area contributed by atoms with Gasteiger partial charge in [0.25, 0.3) is 5.91 Å². The molecule has 2 aromatic rings. The van der Waals surface area contributed by atoms with Crippen molar-refractivity contribution >= 4 is 23.2 Å². The van der Waals surface area contributed by atoms with E-state index < -0.39 is 11.7 Å². The number of amides is 1. The highest BCUT2D eigenvalue weighted by Gasteiger charge is 2.08. The first-order valence-electron chi connectivity index (χ1n) is 5.22. The minimum Gasteiger partial charge on any atom is -0.322 e. The summed E-state index contributed by atoms with van der Waals surface area (Å²) in [5.41, 5.74) is 0.890. The van der Waals surface area contributed by atoms with Crippen molar-refractivity contribution in [3.8, 4) is 6.07 Å². The molecule has 0 atom stereocenters. The molecule has 0 spiro atoms. The molecule has 0 fully saturated rings. The lowest BCUT2D eigenvalue weighted by Gasteiger charge is -2.05. The minimum absolute atomic E-state index is 0.0734. The van der Waals surface area contributed by atoms with Gasteiger partial charge in [0.05, 0.1) is 10.6 Å². The van der Waals surface area contributed by atoms with Crippen LogP contribution in [-0.2, 0) is 0 Å². The molecule has 0 saturated carbocycles. The number of halogens is 2. The van der Waals surface area contributed by atoms with Gasteiger partial charge < -0.3 is 5.32 Å². The third-order valence-corrected chi connectivity index (χ3v) is 2.61. The van der Waals surface area contributed by atoms with Crippen LogP contribution in [0, 0.1) is 17.1 Å². The van der Waals surface area contributed by atoms with Gasteiger partial charge in [0, 0.05) is 11.9 Å². The fourth-order valence-electron chi connectivity index (χ4n) is 1.37. The number of nitriles is 1. The molecule has 0 aliphatic carbocycles. The number of anilines is 1. The average molecular weight is 276 g/mol. The largest absolute Gasteiger partial charge is 0.322 e. The van der Waals surface area contributed by atoms with Gasteiger partial charge in [-0.3, -0.25) is 4.79 Å².